The molecule has 0 unspecified atom stereocenters. The summed E-state index contributed by atoms with van der Waals surface area (Å²) in [5.74, 6) is 0.773. The first-order valence-electron chi connectivity index (χ1n) is 6.80. The second-order valence-electron chi connectivity index (χ2n) is 4.98. The Balaban J connectivity index is 2.40. The van der Waals surface area contributed by atoms with E-state index in [2.05, 4.69) is 13.8 Å². The number of urea groups is 1. The summed E-state index contributed by atoms with van der Waals surface area (Å²) in [5.41, 5.74) is 3.24. The number of hydrogen-bond acceptors (Lipinski definition) is 2. The molecule has 1 aromatic carbocycles. The number of rotatable bonds is 3. The Morgan fingerprint density at radius 2 is 1.89 bits per heavy atom. The van der Waals surface area contributed by atoms with Crippen LogP contribution in [-0.2, 0) is 0 Å². The van der Waals surface area contributed by atoms with E-state index in [-0.39, 0.29) is 6.03 Å². The number of amides is 2. The molecule has 2 rings (SSSR count). The summed E-state index contributed by atoms with van der Waals surface area (Å²) in [6.07, 6.45) is 0.996. The van der Waals surface area contributed by atoms with Crippen molar-refractivity contribution in [3.05, 3.63) is 23.3 Å². The van der Waals surface area contributed by atoms with Gasteiger partial charge in [0.15, 0.2) is 0 Å². The van der Waals surface area contributed by atoms with Crippen LogP contribution in [-0.4, -0.2) is 37.7 Å². The van der Waals surface area contributed by atoms with Gasteiger partial charge in [0.1, 0.15) is 5.75 Å². The van der Waals surface area contributed by atoms with Gasteiger partial charge in [-0.2, -0.15) is 0 Å². The minimum atomic E-state index is 0.0790. The van der Waals surface area contributed by atoms with Crippen LogP contribution in [0.5, 0.6) is 5.75 Å². The maximum Gasteiger partial charge on any atom is 0.324 e. The molecule has 4 nitrogen and oxygen atoms in total. The average Bonchev–Trinajstić information content (AvgIpc) is 2.42. The Morgan fingerprint density at radius 3 is 2.53 bits per heavy atom. The van der Waals surface area contributed by atoms with Gasteiger partial charge >= 0.3 is 6.03 Å². The normalized spacial score (nSPS) is 15.9. The average molecular weight is 262 g/mol. The van der Waals surface area contributed by atoms with Gasteiger partial charge in [0.2, 0.25) is 0 Å². The number of anilines is 1. The number of carbonyl (C=O) groups excluding carboxylic acids is 1. The molecular weight excluding hydrogens is 240 g/mol. The first kappa shape index (κ1) is 13.7. The van der Waals surface area contributed by atoms with E-state index in [9.17, 15) is 4.79 Å². The minimum Gasteiger partial charge on any atom is -0.495 e. The maximum absolute atomic E-state index is 12.4. The van der Waals surface area contributed by atoms with Gasteiger partial charge in [0.25, 0.3) is 0 Å². The summed E-state index contributed by atoms with van der Waals surface area (Å²) >= 11 is 0. The van der Waals surface area contributed by atoms with Crippen molar-refractivity contribution in [1.82, 2.24) is 4.90 Å². The predicted octanol–water partition coefficient (Wildman–Crippen LogP) is 2.96. The van der Waals surface area contributed by atoms with Gasteiger partial charge in [0, 0.05) is 19.6 Å². The topological polar surface area (TPSA) is 32.8 Å². The molecule has 1 aromatic rings. The zero-order valence-electron chi connectivity index (χ0n) is 12.2. The standard InChI is InChI=1S/C15H22N2O2/c1-5-16-7-6-8-17(15(16)18)13-9-11(2)12(3)10-14(13)19-4/h9-10H,5-8H2,1-4H3. The molecule has 0 bridgehead atoms. The molecule has 19 heavy (non-hydrogen) atoms. The van der Waals surface area contributed by atoms with E-state index < -0.39 is 0 Å². The third-order valence-electron chi connectivity index (χ3n) is 3.78. The zero-order valence-corrected chi connectivity index (χ0v) is 12.2. The summed E-state index contributed by atoms with van der Waals surface area (Å²) < 4.78 is 5.44. The lowest BCUT2D eigenvalue weighted by Crippen LogP contribution is -2.49. The number of nitrogens with zero attached hydrogens (tertiary/aromatic N) is 2. The van der Waals surface area contributed by atoms with Crippen LogP contribution < -0.4 is 9.64 Å². The summed E-state index contributed by atoms with van der Waals surface area (Å²) in [7, 11) is 1.65. The number of ether oxygens (including phenoxy) is 1. The molecule has 0 atom stereocenters. The molecule has 1 fully saturated rings. The van der Waals surface area contributed by atoms with Crippen molar-refractivity contribution in [1.29, 1.82) is 0 Å². The molecule has 4 heteroatoms. The predicted molar refractivity (Wildman–Crippen MR) is 77.1 cm³/mol. The molecule has 1 aliphatic rings. The van der Waals surface area contributed by atoms with Crippen molar-refractivity contribution < 1.29 is 9.53 Å². The summed E-state index contributed by atoms with van der Waals surface area (Å²) in [6.45, 7) is 8.48. The first-order valence-corrected chi connectivity index (χ1v) is 6.80. The first-order chi connectivity index (χ1) is 9.08. The molecule has 0 aromatic heterocycles. The van der Waals surface area contributed by atoms with Crippen LogP contribution in [0.1, 0.15) is 24.5 Å². The highest BCUT2D eigenvalue weighted by Crippen LogP contribution is 2.33. The molecule has 1 saturated heterocycles. The van der Waals surface area contributed by atoms with E-state index in [1.165, 1.54) is 11.1 Å². The van der Waals surface area contributed by atoms with Crippen LogP contribution in [0.2, 0.25) is 0 Å². The molecule has 1 aliphatic heterocycles. The van der Waals surface area contributed by atoms with Crippen LogP contribution in [0.4, 0.5) is 10.5 Å². The quantitative estimate of drug-likeness (QED) is 0.839. The number of benzene rings is 1. The van der Waals surface area contributed by atoms with Crippen molar-refractivity contribution >= 4 is 11.7 Å². The molecule has 104 valence electrons. The smallest absolute Gasteiger partial charge is 0.324 e. The highest BCUT2D eigenvalue weighted by atomic mass is 16.5. The van der Waals surface area contributed by atoms with Gasteiger partial charge in [-0.1, -0.05) is 0 Å². The van der Waals surface area contributed by atoms with Crippen molar-refractivity contribution in [3.63, 3.8) is 0 Å². The van der Waals surface area contributed by atoms with E-state index in [0.29, 0.717) is 0 Å². The number of aryl methyl sites for hydroxylation is 2. The fraction of sp³-hybridized carbons (Fsp3) is 0.533. The van der Waals surface area contributed by atoms with Gasteiger partial charge in [0.05, 0.1) is 12.8 Å². The molecule has 0 spiro atoms. The highest BCUT2D eigenvalue weighted by Gasteiger charge is 2.27. The molecule has 0 saturated carbocycles. The van der Waals surface area contributed by atoms with Gasteiger partial charge < -0.3 is 9.64 Å². The lowest BCUT2D eigenvalue weighted by molar-refractivity contribution is 0.198. The Kier molecular flexibility index (Phi) is 3.98. The third-order valence-corrected chi connectivity index (χ3v) is 3.78. The Hall–Kier alpha value is -1.71. The number of hydrogen-bond donors (Lipinski definition) is 0. The molecule has 1 heterocycles. The van der Waals surface area contributed by atoms with E-state index in [1.807, 2.05) is 28.9 Å². The molecular formula is C15H22N2O2. The minimum absolute atomic E-state index is 0.0790. The second-order valence-corrected chi connectivity index (χ2v) is 4.98. The molecule has 0 radical (unpaired) electrons. The number of carbonyl (C=O) groups is 1. The summed E-state index contributed by atoms with van der Waals surface area (Å²) in [6, 6.07) is 4.13. The van der Waals surface area contributed by atoms with Crippen molar-refractivity contribution in [2.45, 2.75) is 27.2 Å². The van der Waals surface area contributed by atoms with E-state index >= 15 is 0 Å². The fourth-order valence-corrected chi connectivity index (χ4v) is 2.45. The maximum atomic E-state index is 12.4. The third kappa shape index (κ3) is 2.53. The van der Waals surface area contributed by atoms with Crippen molar-refractivity contribution in [3.8, 4) is 5.75 Å². The summed E-state index contributed by atoms with van der Waals surface area (Å²) in [4.78, 5) is 16.1. The van der Waals surface area contributed by atoms with Crippen LogP contribution in [0.25, 0.3) is 0 Å². The monoisotopic (exact) mass is 262 g/mol. The highest BCUT2D eigenvalue weighted by molar-refractivity contribution is 5.94. The Labute approximate surface area is 115 Å². The SMILES string of the molecule is CCN1CCCN(c2cc(C)c(C)cc2OC)C1=O. The van der Waals surface area contributed by atoms with Crippen LogP contribution in [0.3, 0.4) is 0 Å². The zero-order chi connectivity index (χ0) is 14.0. The van der Waals surface area contributed by atoms with Gasteiger partial charge in [-0.05, 0) is 50.5 Å². The molecule has 0 N–H and O–H groups in total. The van der Waals surface area contributed by atoms with Crippen molar-refractivity contribution in [2.24, 2.45) is 0 Å². The van der Waals surface area contributed by atoms with E-state index in [0.717, 1.165) is 37.5 Å². The van der Waals surface area contributed by atoms with Gasteiger partial charge in [-0.25, -0.2) is 4.79 Å². The largest absolute Gasteiger partial charge is 0.495 e. The van der Waals surface area contributed by atoms with E-state index in [1.54, 1.807) is 7.11 Å². The van der Waals surface area contributed by atoms with Gasteiger partial charge in [-0.3, -0.25) is 4.90 Å². The lowest BCUT2D eigenvalue weighted by atomic mass is 10.1. The Bertz CT molecular complexity index is 485. The second kappa shape index (κ2) is 5.51. The van der Waals surface area contributed by atoms with Gasteiger partial charge in [-0.15, -0.1) is 0 Å². The van der Waals surface area contributed by atoms with Crippen LogP contribution in [0.15, 0.2) is 12.1 Å². The summed E-state index contributed by atoms with van der Waals surface area (Å²) in [5, 5.41) is 0. The molecule has 2 amide bonds. The van der Waals surface area contributed by atoms with E-state index in [4.69, 9.17) is 4.74 Å². The van der Waals surface area contributed by atoms with Crippen LogP contribution in [0, 0.1) is 13.8 Å². The molecule has 0 aliphatic carbocycles. The lowest BCUT2D eigenvalue weighted by Gasteiger charge is -2.35. The van der Waals surface area contributed by atoms with Crippen molar-refractivity contribution in [2.75, 3.05) is 31.6 Å². The van der Waals surface area contributed by atoms with Crippen LogP contribution >= 0.6 is 0 Å². The fourth-order valence-electron chi connectivity index (χ4n) is 2.45. The Morgan fingerprint density at radius 1 is 1.21 bits per heavy atom. The number of methoxy groups -OCH3 is 1.